The smallest absolute Gasteiger partial charge is 0.218 e. The van der Waals surface area contributed by atoms with Crippen molar-refractivity contribution in [2.24, 2.45) is 4.99 Å². The minimum atomic E-state index is -6.00. The van der Waals surface area contributed by atoms with Crippen LogP contribution in [0.3, 0.4) is 0 Å². The Hall–Kier alpha value is -1.05. The third-order valence-corrected chi connectivity index (χ3v) is 2.20. The zero-order valence-corrected chi connectivity index (χ0v) is 9.49. The SMILES string of the molecule is FC(=Nc1ccc(Br)cc1)C(F)(F)C(F)(F)F. The summed E-state index contributed by atoms with van der Waals surface area (Å²) in [5, 5.41) is 0. The average molecular weight is 320 g/mol. The number of benzene rings is 1. The van der Waals surface area contributed by atoms with Crippen molar-refractivity contribution in [3.05, 3.63) is 28.7 Å². The highest BCUT2D eigenvalue weighted by molar-refractivity contribution is 9.10. The van der Waals surface area contributed by atoms with Crippen molar-refractivity contribution in [2.75, 3.05) is 0 Å². The Morgan fingerprint density at radius 3 is 1.88 bits per heavy atom. The van der Waals surface area contributed by atoms with Gasteiger partial charge in [0.25, 0.3) is 5.97 Å². The van der Waals surface area contributed by atoms with Gasteiger partial charge in [-0.3, -0.25) is 0 Å². The van der Waals surface area contributed by atoms with Gasteiger partial charge in [-0.25, -0.2) is 4.99 Å². The number of alkyl halides is 5. The van der Waals surface area contributed by atoms with Gasteiger partial charge in [0.1, 0.15) is 0 Å². The molecule has 0 amide bonds. The van der Waals surface area contributed by atoms with E-state index in [4.69, 9.17) is 0 Å². The monoisotopic (exact) mass is 319 g/mol. The van der Waals surface area contributed by atoms with Crippen molar-refractivity contribution in [1.29, 1.82) is 0 Å². The summed E-state index contributed by atoms with van der Waals surface area (Å²) in [5.74, 6) is -8.37. The normalized spacial score (nSPS) is 13.9. The van der Waals surface area contributed by atoms with E-state index in [2.05, 4.69) is 20.9 Å². The minimum Gasteiger partial charge on any atom is -0.218 e. The molecule has 0 N–H and O–H groups in total. The summed E-state index contributed by atoms with van der Waals surface area (Å²) >= 11 is 3.01. The first-order chi connectivity index (χ1) is 7.64. The van der Waals surface area contributed by atoms with Gasteiger partial charge in [0.05, 0.1) is 5.69 Å². The topological polar surface area (TPSA) is 12.4 Å². The van der Waals surface area contributed by atoms with Crippen molar-refractivity contribution in [2.45, 2.75) is 12.1 Å². The van der Waals surface area contributed by atoms with E-state index in [9.17, 15) is 26.3 Å². The van der Waals surface area contributed by atoms with E-state index in [1.165, 1.54) is 12.1 Å². The Bertz CT molecular complexity index is 422. The van der Waals surface area contributed by atoms with Gasteiger partial charge < -0.3 is 0 Å². The van der Waals surface area contributed by atoms with E-state index >= 15 is 0 Å². The predicted octanol–water partition coefficient (Wildman–Crippen LogP) is 4.65. The molecule has 0 unspecified atom stereocenters. The van der Waals surface area contributed by atoms with Crippen molar-refractivity contribution in [1.82, 2.24) is 0 Å². The van der Waals surface area contributed by atoms with Crippen molar-refractivity contribution >= 4 is 27.6 Å². The van der Waals surface area contributed by atoms with Gasteiger partial charge in [-0.2, -0.15) is 26.3 Å². The maximum Gasteiger partial charge on any atom is 0.462 e. The van der Waals surface area contributed by atoms with Gasteiger partial charge in [0.2, 0.25) is 0 Å². The summed E-state index contributed by atoms with van der Waals surface area (Å²) in [6.45, 7) is 0. The Labute approximate surface area is 100 Å². The molecule has 0 radical (unpaired) electrons. The van der Waals surface area contributed by atoms with E-state index in [1.54, 1.807) is 0 Å². The van der Waals surface area contributed by atoms with Crippen LogP contribution < -0.4 is 0 Å². The van der Waals surface area contributed by atoms with Crippen LogP contribution in [0.2, 0.25) is 0 Å². The van der Waals surface area contributed by atoms with E-state index in [0.29, 0.717) is 4.47 Å². The summed E-state index contributed by atoms with van der Waals surface area (Å²) in [6, 6.07) is 4.85. The molecule has 0 aliphatic rings. The summed E-state index contributed by atoms with van der Waals surface area (Å²) in [5.41, 5.74) is -0.338. The number of hydrogen-bond donors (Lipinski definition) is 0. The van der Waals surface area contributed by atoms with E-state index < -0.39 is 18.1 Å². The Kier molecular flexibility index (Phi) is 3.85. The Morgan fingerprint density at radius 2 is 1.47 bits per heavy atom. The molecule has 0 aliphatic heterocycles. The second-order valence-corrected chi connectivity index (χ2v) is 3.87. The molecule has 0 spiro atoms. The van der Waals surface area contributed by atoms with Gasteiger partial charge in [0.15, 0.2) is 0 Å². The molecule has 94 valence electrons. The van der Waals surface area contributed by atoms with Gasteiger partial charge in [0, 0.05) is 4.47 Å². The molecule has 1 aromatic carbocycles. The molecule has 0 aliphatic carbocycles. The first kappa shape index (κ1) is 14.0. The fourth-order valence-electron chi connectivity index (χ4n) is 0.816. The fraction of sp³-hybridized carbons (Fsp3) is 0.222. The molecule has 0 saturated heterocycles. The first-order valence-corrected chi connectivity index (χ1v) is 4.88. The molecule has 1 rings (SSSR count). The standard InChI is InChI=1S/C9H4BrF6N/c10-5-1-3-6(4-2-5)17-7(11)8(12,13)9(14,15)16/h1-4H. The van der Waals surface area contributed by atoms with E-state index in [-0.39, 0.29) is 5.69 Å². The number of nitrogens with zero attached hydrogens (tertiary/aromatic N) is 1. The largest absolute Gasteiger partial charge is 0.462 e. The van der Waals surface area contributed by atoms with Crippen molar-refractivity contribution in [3.8, 4) is 0 Å². The lowest BCUT2D eigenvalue weighted by molar-refractivity contribution is -0.252. The molecule has 1 aromatic rings. The van der Waals surface area contributed by atoms with Crippen LogP contribution in [0.15, 0.2) is 33.7 Å². The molecular weight excluding hydrogens is 316 g/mol. The molecular formula is C9H4BrF6N. The summed E-state index contributed by atoms with van der Waals surface area (Å²) in [6.07, 6.45) is -6.00. The summed E-state index contributed by atoms with van der Waals surface area (Å²) < 4.78 is 73.5. The Morgan fingerprint density at radius 1 is 1.00 bits per heavy atom. The first-order valence-electron chi connectivity index (χ1n) is 4.09. The van der Waals surface area contributed by atoms with Crippen LogP contribution in [-0.2, 0) is 0 Å². The van der Waals surface area contributed by atoms with Crippen LogP contribution in [0.25, 0.3) is 0 Å². The zero-order valence-electron chi connectivity index (χ0n) is 7.90. The number of halogens is 7. The van der Waals surface area contributed by atoms with Crippen LogP contribution in [0, 0.1) is 0 Å². The van der Waals surface area contributed by atoms with Crippen molar-refractivity contribution < 1.29 is 26.3 Å². The maximum absolute atomic E-state index is 12.7. The highest BCUT2D eigenvalue weighted by Gasteiger charge is 2.62. The molecule has 0 aromatic heterocycles. The lowest BCUT2D eigenvalue weighted by Crippen LogP contribution is -2.42. The summed E-state index contributed by atoms with van der Waals surface area (Å²) in [4.78, 5) is 2.60. The van der Waals surface area contributed by atoms with Gasteiger partial charge in [-0.05, 0) is 24.3 Å². The third kappa shape index (κ3) is 3.21. The second-order valence-electron chi connectivity index (χ2n) is 2.95. The average Bonchev–Trinajstić information content (AvgIpc) is 2.19. The molecule has 0 saturated carbocycles. The number of hydrogen-bond acceptors (Lipinski definition) is 1. The Balaban J connectivity index is 3.04. The third-order valence-electron chi connectivity index (χ3n) is 1.67. The number of aliphatic imine (C=N–C) groups is 1. The highest BCUT2D eigenvalue weighted by atomic mass is 79.9. The van der Waals surface area contributed by atoms with Gasteiger partial charge in [-0.1, -0.05) is 15.9 Å². The van der Waals surface area contributed by atoms with Crippen molar-refractivity contribution in [3.63, 3.8) is 0 Å². The van der Waals surface area contributed by atoms with Crippen LogP contribution in [-0.4, -0.2) is 18.1 Å². The van der Waals surface area contributed by atoms with Crippen LogP contribution in [0.1, 0.15) is 0 Å². The van der Waals surface area contributed by atoms with E-state index in [0.717, 1.165) is 12.1 Å². The molecule has 8 heteroatoms. The molecule has 0 heterocycles. The van der Waals surface area contributed by atoms with Gasteiger partial charge in [-0.15, -0.1) is 0 Å². The second kappa shape index (κ2) is 4.67. The maximum atomic E-state index is 12.7. The lowest BCUT2D eigenvalue weighted by atomic mass is 10.3. The zero-order chi connectivity index (χ0) is 13.3. The molecule has 0 atom stereocenters. The molecule has 0 bridgehead atoms. The highest BCUT2D eigenvalue weighted by Crippen LogP contribution is 2.37. The minimum absolute atomic E-state index is 0.338. The molecule has 0 fully saturated rings. The van der Waals surface area contributed by atoms with Crippen LogP contribution in [0.4, 0.5) is 32.0 Å². The quantitative estimate of drug-likeness (QED) is 0.556. The van der Waals surface area contributed by atoms with Crippen LogP contribution >= 0.6 is 15.9 Å². The molecule has 1 nitrogen and oxygen atoms in total. The number of rotatable bonds is 2. The fourth-order valence-corrected chi connectivity index (χ4v) is 1.08. The molecule has 17 heavy (non-hydrogen) atoms. The van der Waals surface area contributed by atoms with Crippen LogP contribution in [0.5, 0.6) is 0 Å². The predicted molar refractivity (Wildman–Crippen MR) is 53.3 cm³/mol. The van der Waals surface area contributed by atoms with Gasteiger partial charge >= 0.3 is 12.1 Å². The lowest BCUT2D eigenvalue weighted by Gasteiger charge is -2.16. The van der Waals surface area contributed by atoms with E-state index in [1.807, 2.05) is 0 Å². The summed E-state index contributed by atoms with van der Waals surface area (Å²) in [7, 11) is 0.